The minimum absolute atomic E-state index is 0.105. The van der Waals surface area contributed by atoms with Crippen LogP contribution in [0.2, 0.25) is 0 Å². The number of nitrogens with one attached hydrogen (secondary N) is 1. The van der Waals surface area contributed by atoms with Gasteiger partial charge in [0.05, 0.1) is 12.3 Å². The number of esters is 1. The zero-order chi connectivity index (χ0) is 21.8. The van der Waals surface area contributed by atoms with E-state index in [4.69, 9.17) is 4.74 Å². The van der Waals surface area contributed by atoms with Gasteiger partial charge in [-0.1, -0.05) is 18.2 Å². The lowest BCUT2D eigenvalue weighted by Gasteiger charge is -2.23. The Bertz CT molecular complexity index is 990. The molecule has 0 bridgehead atoms. The van der Waals surface area contributed by atoms with Gasteiger partial charge in [-0.25, -0.2) is 9.18 Å². The number of anilines is 3. The van der Waals surface area contributed by atoms with Crippen molar-refractivity contribution in [3.8, 4) is 0 Å². The van der Waals surface area contributed by atoms with Gasteiger partial charge in [0, 0.05) is 30.9 Å². The van der Waals surface area contributed by atoms with E-state index in [9.17, 15) is 14.0 Å². The van der Waals surface area contributed by atoms with E-state index in [0.717, 1.165) is 31.6 Å². The smallest absolute Gasteiger partial charge is 0.354 e. The molecule has 0 spiro atoms. The van der Waals surface area contributed by atoms with E-state index >= 15 is 0 Å². The molecule has 162 valence electrons. The standard InChI is InChI=1S/C23H25FN4O3/c1-2-31-23(30)20-15-21(28(26-20)18-8-4-3-5-9-18)22(29)25-17-12-16(24)13-19(14-17)27-10-6-7-11-27/h3-5,8-9,12-14,21H,2,6-7,10-11,15H2,1H3,(H,25,29). The maximum Gasteiger partial charge on any atom is 0.354 e. The lowest BCUT2D eigenvalue weighted by atomic mass is 10.1. The molecule has 2 aliphatic heterocycles. The van der Waals surface area contributed by atoms with Gasteiger partial charge < -0.3 is 15.0 Å². The van der Waals surface area contributed by atoms with Gasteiger partial charge in [-0.2, -0.15) is 5.10 Å². The van der Waals surface area contributed by atoms with E-state index in [1.54, 1.807) is 13.0 Å². The fourth-order valence-electron chi connectivity index (χ4n) is 3.90. The summed E-state index contributed by atoms with van der Waals surface area (Å²) < 4.78 is 19.3. The summed E-state index contributed by atoms with van der Waals surface area (Å²) in [7, 11) is 0. The van der Waals surface area contributed by atoms with Gasteiger partial charge in [0.15, 0.2) is 0 Å². The van der Waals surface area contributed by atoms with Gasteiger partial charge in [-0.15, -0.1) is 0 Å². The van der Waals surface area contributed by atoms with Crippen LogP contribution in [0.15, 0.2) is 53.6 Å². The molecule has 2 aliphatic rings. The van der Waals surface area contributed by atoms with Crippen molar-refractivity contribution in [1.29, 1.82) is 0 Å². The van der Waals surface area contributed by atoms with Gasteiger partial charge in [0.2, 0.25) is 5.91 Å². The normalized spacial score (nSPS) is 18.1. The van der Waals surface area contributed by atoms with Crippen LogP contribution in [-0.2, 0) is 14.3 Å². The molecule has 0 aromatic heterocycles. The fourth-order valence-corrected chi connectivity index (χ4v) is 3.90. The van der Waals surface area contributed by atoms with Crippen LogP contribution in [0.25, 0.3) is 0 Å². The summed E-state index contributed by atoms with van der Waals surface area (Å²) in [6.45, 7) is 3.69. The molecule has 0 radical (unpaired) electrons. The van der Waals surface area contributed by atoms with Crippen LogP contribution in [0, 0.1) is 5.82 Å². The molecule has 4 rings (SSSR count). The monoisotopic (exact) mass is 424 g/mol. The van der Waals surface area contributed by atoms with Crippen LogP contribution in [0.4, 0.5) is 21.5 Å². The summed E-state index contributed by atoms with van der Waals surface area (Å²) in [4.78, 5) is 27.5. The number of carbonyl (C=O) groups is 2. The highest BCUT2D eigenvalue weighted by atomic mass is 19.1. The molecule has 7 nitrogen and oxygen atoms in total. The third-order valence-corrected chi connectivity index (χ3v) is 5.37. The molecule has 1 amide bonds. The van der Waals surface area contributed by atoms with Crippen LogP contribution in [0.5, 0.6) is 0 Å². The van der Waals surface area contributed by atoms with Crippen molar-refractivity contribution >= 4 is 34.7 Å². The highest BCUT2D eigenvalue weighted by molar-refractivity contribution is 6.38. The average molecular weight is 424 g/mol. The van der Waals surface area contributed by atoms with Crippen molar-refractivity contribution in [1.82, 2.24) is 0 Å². The zero-order valence-electron chi connectivity index (χ0n) is 17.4. The quantitative estimate of drug-likeness (QED) is 0.718. The largest absolute Gasteiger partial charge is 0.461 e. The van der Waals surface area contributed by atoms with E-state index in [1.165, 1.54) is 17.1 Å². The predicted molar refractivity (Wildman–Crippen MR) is 118 cm³/mol. The van der Waals surface area contributed by atoms with Crippen molar-refractivity contribution < 1.29 is 18.7 Å². The Balaban J connectivity index is 1.56. The highest BCUT2D eigenvalue weighted by Gasteiger charge is 2.37. The van der Waals surface area contributed by atoms with Gasteiger partial charge in [0.1, 0.15) is 17.6 Å². The number of benzene rings is 2. The SMILES string of the molecule is CCOC(=O)C1=NN(c2ccccc2)C(C(=O)Nc2cc(F)cc(N3CCCC3)c2)C1. The lowest BCUT2D eigenvalue weighted by Crippen LogP contribution is -2.38. The summed E-state index contributed by atoms with van der Waals surface area (Å²) in [6.07, 6.45) is 2.24. The van der Waals surface area contributed by atoms with Gasteiger partial charge in [0.25, 0.3) is 0 Å². The van der Waals surface area contributed by atoms with E-state index in [1.807, 2.05) is 30.3 Å². The number of amides is 1. The Kier molecular flexibility index (Phi) is 6.16. The summed E-state index contributed by atoms with van der Waals surface area (Å²) in [5, 5.41) is 8.67. The number of ether oxygens (including phenoxy) is 1. The molecule has 1 fully saturated rings. The predicted octanol–water partition coefficient (Wildman–Crippen LogP) is 3.56. The van der Waals surface area contributed by atoms with Crippen molar-refractivity contribution in [2.45, 2.75) is 32.2 Å². The number of para-hydroxylation sites is 1. The van der Waals surface area contributed by atoms with Crippen molar-refractivity contribution in [3.05, 3.63) is 54.3 Å². The Morgan fingerprint density at radius 3 is 2.58 bits per heavy atom. The number of hydrazone groups is 1. The number of rotatable bonds is 6. The van der Waals surface area contributed by atoms with Crippen LogP contribution in [0.1, 0.15) is 26.2 Å². The summed E-state index contributed by atoms with van der Waals surface area (Å²) in [5.74, 6) is -1.32. The highest BCUT2D eigenvalue weighted by Crippen LogP contribution is 2.28. The van der Waals surface area contributed by atoms with E-state index in [2.05, 4.69) is 15.3 Å². The first kappa shape index (κ1) is 20.8. The Morgan fingerprint density at radius 1 is 1.13 bits per heavy atom. The van der Waals surface area contributed by atoms with Crippen molar-refractivity contribution in [2.75, 3.05) is 34.9 Å². The van der Waals surface area contributed by atoms with E-state index < -0.39 is 17.8 Å². The molecule has 2 aromatic carbocycles. The number of carbonyl (C=O) groups excluding carboxylic acids is 2. The summed E-state index contributed by atoms with van der Waals surface area (Å²) in [5.41, 5.74) is 1.99. The number of hydrogen-bond donors (Lipinski definition) is 1. The first-order valence-electron chi connectivity index (χ1n) is 10.5. The second kappa shape index (κ2) is 9.16. The molecule has 1 atom stereocenters. The number of hydrogen-bond acceptors (Lipinski definition) is 6. The Labute approximate surface area is 180 Å². The number of halogens is 1. The lowest BCUT2D eigenvalue weighted by molar-refractivity contribution is -0.135. The topological polar surface area (TPSA) is 74.2 Å². The molecule has 2 aromatic rings. The minimum atomic E-state index is -0.750. The second-order valence-electron chi connectivity index (χ2n) is 7.55. The van der Waals surface area contributed by atoms with Crippen LogP contribution in [-0.4, -0.2) is 43.3 Å². The van der Waals surface area contributed by atoms with Gasteiger partial charge in [-0.3, -0.25) is 9.80 Å². The fraction of sp³-hybridized carbons (Fsp3) is 0.348. The molecule has 0 saturated carbocycles. The minimum Gasteiger partial charge on any atom is -0.461 e. The Hall–Kier alpha value is -3.42. The summed E-state index contributed by atoms with van der Waals surface area (Å²) in [6, 6.07) is 12.9. The second-order valence-corrected chi connectivity index (χ2v) is 7.55. The van der Waals surface area contributed by atoms with Crippen LogP contribution in [0.3, 0.4) is 0 Å². The van der Waals surface area contributed by atoms with Gasteiger partial charge >= 0.3 is 5.97 Å². The first-order valence-corrected chi connectivity index (χ1v) is 10.5. The van der Waals surface area contributed by atoms with Crippen LogP contribution < -0.4 is 15.2 Å². The maximum atomic E-state index is 14.2. The molecule has 0 aliphatic carbocycles. The molecule has 31 heavy (non-hydrogen) atoms. The zero-order valence-corrected chi connectivity index (χ0v) is 17.4. The van der Waals surface area contributed by atoms with Crippen LogP contribution >= 0.6 is 0 Å². The van der Waals surface area contributed by atoms with Gasteiger partial charge in [-0.05, 0) is 50.1 Å². The third-order valence-electron chi connectivity index (χ3n) is 5.37. The number of nitrogens with zero attached hydrogens (tertiary/aromatic N) is 3. The molecule has 1 N–H and O–H groups in total. The molecular formula is C23H25FN4O3. The van der Waals surface area contributed by atoms with Crippen molar-refractivity contribution in [2.24, 2.45) is 5.10 Å². The maximum absolute atomic E-state index is 14.2. The van der Waals surface area contributed by atoms with Crippen molar-refractivity contribution in [3.63, 3.8) is 0 Å². The Morgan fingerprint density at radius 2 is 1.87 bits per heavy atom. The summed E-state index contributed by atoms with van der Waals surface area (Å²) >= 11 is 0. The molecule has 8 heteroatoms. The molecule has 1 unspecified atom stereocenters. The first-order chi connectivity index (χ1) is 15.0. The van der Waals surface area contributed by atoms with E-state index in [-0.39, 0.29) is 24.6 Å². The van der Waals surface area contributed by atoms with E-state index in [0.29, 0.717) is 11.4 Å². The molecular weight excluding hydrogens is 399 g/mol. The third kappa shape index (κ3) is 4.68. The average Bonchev–Trinajstić information content (AvgIpc) is 3.45. The molecule has 1 saturated heterocycles. The molecule has 2 heterocycles.